The van der Waals surface area contributed by atoms with E-state index in [-0.39, 0.29) is 23.4 Å². The number of nitrogens with zero attached hydrogens (tertiary/aromatic N) is 2. The van der Waals surface area contributed by atoms with Crippen LogP contribution < -0.4 is 14.4 Å². The number of hydrogen-bond acceptors (Lipinski definition) is 6. The van der Waals surface area contributed by atoms with Crippen LogP contribution in [0.5, 0.6) is 5.75 Å². The fourth-order valence-corrected chi connectivity index (χ4v) is 6.20. The van der Waals surface area contributed by atoms with Gasteiger partial charge in [-0.1, -0.05) is 35.0 Å². The first-order valence-electron chi connectivity index (χ1n) is 13.7. The van der Waals surface area contributed by atoms with Gasteiger partial charge in [0, 0.05) is 22.0 Å². The molecule has 42 heavy (non-hydrogen) atoms. The number of hydrogen-bond donors (Lipinski definition) is 1. The first-order chi connectivity index (χ1) is 20.0. The van der Waals surface area contributed by atoms with Crippen molar-refractivity contribution in [3.8, 4) is 5.75 Å². The normalized spacial score (nSPS) is 12.7. The molecule has 0 bridgehead atoms. The third-order valence-electron chi connectivity index (χ3n) is 6.80. The third-order valence-corrected chi connectivity index (χ3v) is 9.86. The Labute approximate surface area is 262 Å². The first kappa shape index (κ1) is 33.5. The van der Waals surface area contributed by atoms with Crippen molar-refractivity contribution in [2.45, 2.75) is 62.5 Å². The Morgan fingerprint density at radius 2 is 1.57 bits per heavy atom. The molecule has 1 N–H and O–H groups in total. The Hall–Kier alpha value is -3.02. The maximum Gasteiger partial charge on any atom is 0.264 e. The summed E-state index contributed by atoms with van der Waals surface area (Å²) < 4.78 is 35.5. The Morgan fingerprint density at radius 3 is 2.12 bits per heavy atom. The second kappa shape index (κ2) is 15.5. The lowest BCUT2D eigenvalue weighted by Crippen LogP contribution is -2.52. The van der Waals surface area contributed by atoms with Gasteiger partial charge in [-0.25, -0.2) is 8.42 Å². The number of thioether (sulfide) groups is 1. The Bertz CT molecular complexity index is 1430. The van der Waals surface area contributed by atoms with Gasteiger partial charge >= 0.3 is 0 Å². The molecule has 0 saturated carbocycles. The lowest BCUT2D eigenvalue weighted by atomic mass is 10.1. The van der Waals surface area contributed by atoms with Crippen LogP contribution in [-0.2, 0) is 26.2 Å². The molecule has 0 aliphatic rings. The Balaban J connectivity index is 2.03. The summed E-state index contributed by atoms with van der Waals surface area (Å²) in [6.07, 6.45) is 2.64. The lowest BCUT2D eigenvalue weighted by Gasteiger charge is -2.32. The molecule has 11 heteroatoms. The van der Waals surface area contributed by atoms with E-state index in [4.69, 9.17) is 4.74 Å². The third kappa shape index (κ3) is 8.75. The molecule has 0 unspecified atom stereocenters. The summed E-state index contributed by atoms with van der Waals surface area (Å²) in [5, 5.41) is 2.94. The van der Waals surface area contributed by atoms with Gasteiger partial charge in [0.1, 0.15) is 18.3 Å². The number of ether oxygens (including phenoxy) is 1. The van der Waals surface area contributed by atoms with Crippen molar-refractivity contribution in [2.24, 2.45) is 0 Å². The molecular weight excluding hydrogens is 638 g/mol. The van der Waals surface area contributed by atoms with Crippen molar-refractivity contribution in [3.63, 3.8) is 0 Å². The average molecular weight is 677 g/mol. The van der Waals surface area contributed by atoms with E-state index in [0.29, 0.717) is 18.0 Å². The zero-order valence-electron chi connectivity index (χ0n) is 24.5. The van der Waals surface area contributed by atoms with Gasteiger partial charge < -0.3 is 15.0 Å². The fourth-order valence-electron chi connectivity index (χ4n) is 4.11. The van der Waals surface area contributed by atoms with Crippen LogP contribution in [0.4, 0.5) is 5.69 Å². The maximum absolute atomic E-state index is 14.0. The standard InChI is InChI=1S/C31H38BrN3O5S2/c1-6-22(3)33-31(37)23(4)34(20-24-8-10-25(32)11-9-24)30(36)21-35(26-12-14-27(15-13-26)40-7-2)42(38,39)29-18-16-28(41-5)17-19-29/h8-19,22-23H,6-7,20-21H2,1-5H3,(H,33,37)/t22-,23-/m1/s1. The highest BCUT2D eigenvalue weighted by molar-refractivity contribution is 9.10. The molecule has 0 aliphatic heterocycles. The highest BCUT2D eigenvalue weighted by Crippen LogP contribution is 2.28. The molecule has 0 heterocycles. The zero-order valence-corrected chi connectivity index (χ0v) is 27.8. The highest BCUT2D eigenvalue weighted by atomic mass is 79.9. The molecule has 8 nitrogen and oxygen atoms in total. The van der Waals surface area contributed by atoms with E-state index in [2.05, 4.69) is 21.2 Å². The van der Waals surface area contributed by atoms with Crippen molar-refractivity contribution in [2.75, 3.05) is 23.7 Å². The van der Waals surface area contributed by atoms with Crippen LogP contribution in [0.2, 0.25) is 0 Å². The lowest BCUT2D eigenvalue weighted by molar-refractivity contribution is -0.139. The molecule has 2 atom stereocenters. The Kier molecular flexibility index (Phi) is 12.3. The molecule has 3 rings (SSSR count). The molecule has 0 aromatic heterocycles. The summed E-state index contributed by atoms with van der Waals surface area (Å²) >= 11 is 4.93. The van der Waals surface area contributed by atoms with Crippen LogP contribution in [0.3, 0.4) is 0 Å². The van der Waals surface area contributed by atoms with Crippen LogP contribution in [0, 0.1) is 0 Å². The number of halogens is 1. The number of benzene rings is 3. The van der Waals surface area contributed by atoms with Gasteiger partial charge in [-0.2, -0.15) is 0 Å². The average Bonchev–Trinajstić information content (AvgIpc) is 2.99. The van der Waals surface area contributed by atoms with Gasteiger partial charge in [0.05, 0.1) is 17.2 Å². The molecule has 3 aromatic carbocycles. The van der Waals surface area contributed by atoms with Gasteiger partial charge in [0.2, 0.25) is 11.8 Å². The summed E-state index contributed by atoms with van der Waals surface area (Å²) in [4.78, 5) is 29.6. The molecule has 2 amide bonds. The van der Waals surface area contributed by atoms with E-state index in [0.717, 1.165) is 25.7 Å². The van der Waals surface area contributed by atoms with Crippen LogP contribution >= 0.6 is 27.7 Å². The molecule has 3 aromatic rings. The summed E-state index contributed by atoms with van der Waals surface area (Å²) in [5.74, 6) is -0.234. The number of sulfonamides is 1. The van der Waals surface area contributed by atoms with E-state index in [9.17, 15) is 18.0 Å². The van der Waals surface area contributed by atoms with E-state index in [1.54, 1.807) is 43.3 Å². The van der Waals surface area contributed by atoms with E-state index in [1.807, 2.05) is 51.3 Å². The Morgan fingerprint density at radius 1 is 0.952 bits per heavy atom. The SMILES string of the molecule is CCOc1ccc(N(CC(=O)N(Cc2ccc(Br)cc2)[C@H](C)C(=O)N[C@H](C)CC)S(=O)(=O)c2ccc(SC)cc2)cc1. The number of rotatable bonds is 14. The number of amides is 2. The van der Waals surface area contributed by atoms with Crippen LogP contribution in [0.25, 0.3) is 0 Å². The van der Waals surface area contributed by atoms with Crippen molar-refractivity contribution in [3.05, 3.63) is 82.8 Å². The topological polar surface area (TPSA) is 96.0 Å². The largest absolute Gasteiger partial charge is 0.494 e. The second-order valence-corrected chi connectivity index (χ2v) is 13.4. The van der Waals surface area contributed by atoms with Crippen LogP contribution in [0.1, 0.15) is 39.7 Å². The van der Waals surface area contributed by atoms with Gasteiger partial charge in [0.15, 0.2) is 0 Å². The van der Waals surface area contributed by atoms with E-state index in [1.165, 1.54) is 28.8 Å². The van der Waals surface area contributed by atoms with Crippen LogP contribution in [0.15, 0.2) is 87.1 Å². The molecule has 0 fully saturated rings. The molecule has 0 saturated heterocycles. The number of carbonyl (C=O) groups is 2. The van der Waals surface area contributed by atoms with E-state index < -0.39 is 28.5 Å². The summed E-state index contributed by atoms with van der Waals surface area (Å²) in [6, 6.07) is 19.6. The molecule has 226 valence electrons. The fraction of sp³-hybridized carbons (Fsp3) is 0.355. The molecule has 0 radical (unpaired) electrons. The van der Waals surface area contributed by atoms with E-state index >= 15 is 0 Å². The highest BCUT2D eigenvalue weighted by Gasteiger charge is 2.33. The molecule has 0 spiro atoms. The van der Waals surface area contributed by atoms with Gasteiger partial charge in [0.25, 0.3) is 10.0 Å². The predicted octanol–water partition coefficient (Wildman–Crippen LogP) is 6.10. The second-order valence-electron chi connectivity index (χ2n) is 9.76. The minimum Gasteiger partial charge on any atom is -0.494 e. The summed E-state index contributed by atoms with van der Waals surface area (Å²) in [7, 11) is -4.15. The molecule has 0 aliphatic carbocycles. The quantitative estimate of drug-likeness (QED) is 0.208. The zero-order chi connectivity index (χ0) is 30.9. The van der Waals surface area contributed by atoms with Gasteiger partial charge in [-0.05, 0) is 99.7 Å². The van der Waals surface area contributed by atoms with Crippen molar-refractivity contribution in [1.82, 2.24) is 10.2 Å². The first-order valence-corrected chi connectivity index (χ1v) is 17.2. The number of carbonyl (C=O) groups excluding carboxylic acids is 2. The van der Waals surface area contributed by atoms with Gasteiger partial charge in [-0.15, -0.1) is 11.8 Å². The van der Waals surface area contributed by atoms with Crippen molar-refractivity contribution < 1.29 is 22.7 Å². The van der Waals surface area contributed by atoms with Crippen LogP contribution in [-0.4, -0.2) is 56.6 Å². The number of nitrogens with one attached hydrogen (secondary N) is 1. The summed E-state index contributed by atoms with van der Waals surface area (Å²) in [6.45, 7) is 7.47. The van der Waals surface area contributed by atoms with Crippen molar-refractivity contribution >= 4 is 55.2 Å². The monoisotopic (exact) mass is 675 g/mol. The smallest absolute Gasteiger partial charge is 0.264 e. The van der Waals surface area contributed by atoms with Gasteiger partial charge in [-0.3, -0.25) is 13.9 Å². The minimum absolute atomic E-state index is 0.0593. The van der Waals surface area contributed by atoms with Crippen molar-refractivity contribution in [1.29, 1.82) is 0 Å². The molecular formula is C31H38BrN3O5S2. The minimum atomic E-state index is -4.15. The predicted molar refractivity (Wildman–Crippen MR) is 172 cm³/mol. The summed E-state index contributed by atoms with van der Waals surface area (Å²) in [5.41, 5.74) is 1.11. The number of anilines is 1. The maximum atomic E-state index is 14.0.